The van der Waals surface area contributed by atoms with Crippen LogP contribution >= 0.6 is 11.3 Å². The molecular formula is C38H38N4O7S. The van der Waals surface area contributed by atoms with E-state index < -0.39 is 29.5 Å². The van der Waals surface area contributed by atoms with Crippen molar-refractivity contribution in [1.29, 1.82) is 0 Å². The molecule has 11 nitrogen and oxygen atoms in total. The van der Waals surface area contributed by atoms with Crippen molar-refractivity contribution < 1.29 is 33.4 Å². The van der Waals surface area contributed by atoms with Crippen molar-refractivity contribution in [3.63, 3.8) is 0 Å². The number of hydrogen-bond acceptors (Lipinski definition) is 9. The first-order valence-electron chi connectivity index (χ1n) is 16.2. The summed E-state index contributed by atoms with van der Waals surface area (Å²) in [5.74, 6) is -1.05. The van der Waals surface area contributed by atoms with Gasteiger partial charge in [0.2, 0.25) is 0 Å². The number of pyridine rings is 1. The average molecular weight is 695 g/mol. The highest BCUT2D eigenvalue weighted by Crippen LogP contribution is 2.43. The van der Waals surface area contributed by atoms with E-state index in [-0.39, 0.29) is 29.5 Å². The van der Waals surface area contributed by atoms with E-state index in [4.69, 9.17) is 14.2 Å². The normalized spacial score (nSPS) is 14.7. The number of methoxy groups -OCH3 is 1. The number of amides is 3. The Morgan fingerprint density at radius 3 is 2.44 bits per heavy atom. The van der Waals surface area contributed by atoms with Crippen molar-refractivity contribution in [2.75, 3.05) is 19.0 Å². The molecule has 0 saturated carbocycles. The van der Waals surface area contributed by atoms with Gasteiger partial charge in [-0.05, 0) is 93.1 Å². The van der Waals surface area contributed by atoms with Crippen LogP contribution in [0.2, 0.25) is 0 Å². The number of thiophene rings is 1. The van der Waals surface area contributed by atoms with Gasteiger partial charge in [0.15, 0.2) is 5.69 Å². The molecule has 4 aromatic rings. The molecule has 0 radical (unpaired) electrons. The van der Waals surface area contributed by atoms with Crippen LogP contribution in [0.4, 0.5) is 10.5 Å². The predicted octanol–water partition coefficient (Wildman–Crippen LogP) is 6.92. The van der Waals surface area contributed by atoms with Crippen LogP contribution in [0.5, 0.6) is 5.75 Å². The summed E-state index contributed by atoms with van der Waals surface area (Å²) in [6, 6.07) is 15.7. The van der Waals surface area contributed by atoms with E-state index in [1.54, 1.807) is 74.6 Å². The molecule has 258 valence electrons. The minimum Gasteiger partial charge on any atom is -0.493 e. The summed E-state index contributed by atoms with van der Waals surface area (Å²) in [5, 5.41) is 10.6. The molecule has 3 heterocycles. The number of rotatable bonds is 8. The molecule has 1 atom stereocenters. The summed E-state index contributed by atoms with van der Waals surface area (Å²) < 4.78 is 16.6. The molecule has 1 unspecified atom stereocenters. The number of carbonyl (C=O) groups excluding carboxylic acids is 4. The Labute approximate surface area is 294 Å². The third-order valence-corrected chi connectivity index (χ3v) is 9.35. The standard InChI is InChI=1S/C38H38N4O7S/c1-21-6-12-29(21)42-35(44)30-13-11-25(32(41-30)36(45)47-5)26-19-31-28(33-23(14-16-48-31)15-17-50-33)18-27(26)34(43)40-24-9-7-22(8-10-24)20-39-37(46)49-38(2,3)4/h6-11,13,15,17-19,29H,12,14,16,20H2,1-5H3,(H,39,46)(H,40,43)(H,42,44). The zero-order chi connectivity index (χ0) is 35.6. The van der Waals surface area contributed by atoms with E-state index >= 15 is 0 Å². The molecule has 1 aliphatic heterocycles. The highest BCUT2D eigenvalue weighted by molar-refractivity contribution is 7.13. The van der Waals surface area contributed by atoms with Gasteiger partial charge in [0, 0.05) is 45.8 Å². The second kappa shape index (κ2) is 14.2. The predicted molar refractivity (Wildman–Crippen MR) is 191 cm³/mol. The summed E-state index contributed by atoms with van der Waals surface area (Å²) in [4.78, 5) is 57.9. The summed E-state index contributed by atoms with van der Waals surface area (Å²) >= 11 is 1.56. The second-order valence-corrected chi connectivity index (χ2v) is 14.0. The zero-order valence-electron chi connectivity index (χ0n) is 28.5. The molecule has 3 N–H and O–H groups in total. The highest BCUT2D eigenvalue weighted by Gasteiger charge is 2.28. The van der Waals surface area contributed by atoms with Crippen molar-refractivity contribution in [1.82, 2.24) is 15.6 Å². The molecule has 0 spiro atoms. The van der Waals surface area contributed by atoms with E-state index in [1.807, 2.05) is 18.4 Å². The summed E-state index contributed by atoms with van der Waals surface area (Å²) in [7, 11) is 1.24. The van der Waals surface area contributed by atoms with E-state index in [2.05, 4.69) is 27.0 Å². The topological polar surface area (TPSA) is 145 Å². The van der Waals surface area contributed by atoms with Gasteiger partial charge in [-0.25, -0.2) is 14.6 Å². The van der Waals surface area contributed by atoms with Gasteiger partial charge in [0.05, 0.1) is 19.8 Å². The summed E-state index contributed by atoms with van der Waals surface area (Å²) in [5.41, 5.74) is 4.56. The van der Waals surface area contributed by atoms with Gasteiger partial charge >= 0.3 is 12.1 Å². The molecule has 50 heavy (non-hydrogen) atoms. The largest absolute Gasteiger partial charge is 0.493 e. The lowest BCUT2D eigenvalue weighted by Crippen LogP contribution is -2.39. The molecule has 12 heteroatoms. The molecule has 2 aromatic carbocycles. The van der Waals surface area contributed by atoms with E-state index in [0.717, 1.165) is 33.6 Å². The van der Waals surface area contributed by atoms with Crippen molar-refractivity contribution in [2.24, 2.45) is 0 Å². The number of hydrogen-bond donors (Lipinski definition) is 3. The number of esters is 1. The monoisotopic (exact) mass is 694 g/mol. The van der Waals surface area contributed by atoms with Crippen LogP contribution in [0.1, 0.15) is 76.6 Å². The quantitative estimate of drug-likeness (QED) is 0.133. The number of benzene rings is 2. The molecule has 0 bridgehead atoms. The third-order valence-electron chi connectivity index (χ3n) is 8.36. The van der Waals surface area contributed by atoms with Crippen LogP contribution in [0.15, 0.2) is 71.6 Å². The van der Waals surface area contributed by atoms with Crippen molar-refractivity contribution in [3.8, 4) is 27.3 Å². The van der Waals surface area contributed by atoms with Gasteiger partial charge < -0.3 is 30.2 Å². The lowest BCUT2D eigenvalue weighted by atomic mass is 9.93. The Kier molecular flexibility index (Phi) is 9.74. The smallest absolute Gasteiger partial charge is 0.407 e. The first-order chi connectivity index (χ1) is 23.9. The van der Waals surface area contributed by atoms with Crippen LogP contribution in [0, 0.1) is 0 Å². The molecule has 3 amide bonds. The summed E-state index contributed by atoms with van der Waals surface area (Å²) in [6.45, 7) is 8.00. The van der Waals surface area contributed by atoms with Gasteiger partial charge in [-0.2, -0.15) is 0 Å². The second-order valence-electron chi connectivity index (χ2n) is 13.1. The number of ether oxygens (including phenoxy) is 3. The van der Waals surface area contributed by atoms with Crippen LogP contribution in [0.25, 0.3) is 21.6 Å². The molecular weight excluding hydrogens is 657 g/mol. The van der Waals surface area contributed by atoms with Gasteiger partial charge in [-0.15, -0.1) is 11.3 Å². The van der Waals surface area contributed by atoms with Crippen LogP contribution in [-0.4, -0.2) is 54.2 Å². The van der Waals surface area contributed by atoms with E-state index in [0.29, 0.717) is 35.6 Å². The number of aromatic nitrogens is 1. The van der Waals surface area contributed by atoms with Crippen molar-refractivity contribution >= 4 is 40.9 Å². The summed E-state index contributed by atoms with van der Waals surface area (Å²) in [6.07, 6.45) is 2.94. The van der Waals surface area contributed by atoms with Crippen LogP contribution < -0.4 is 20.7 Å². The molecule has 2 aromatic heterocycles. The first-order valence-corrected chi connectivity index (χ1v) is 17.1. The van der Waals surface area contributed by atoms with Crippen LogP contribution in [-0.2, 0) is 22.4 Å². The maximum atomic E-state index is 14.2. The Hall–Kier alpha value is -5.49. The number of nitrogens with one attached hydrogen (secondary N) is 3. The van der Waals surface area contributed by atoms with Crippen LogP contribution in [0.3, 0.4) is 0 Å². The fraction of sp³-hybridized carbons (Fsp3) is 0.289. The number of anilines is 1. The highest BCUT2D eigenvalue weighted by atomic mass is 32.1. The molecule has 0 fully saturated rings. The fourth-order valence-electron chi connectivity index (χ4n) is 5.65. The van der Waals surface area contributed by atoms with Gasteiger partial charge in [0.1, 0.15) is 17.0 Å². The molecule has 0 saturated heterocycles. The van der Waals surface area contributed by atoms with Crippen molar-refractivity contribution in [3.05, 3.63) is 99.7 Å². The maximum Gasteiger partial charge on any atom is 0.407 e. The molecule has 1 aliphatic carbocycles. The minimum atomic E-state index is -0.757. The average Bonchev–Trinajstić information content (AvgIpc) is 3.49. The Balaban J connectivity index is 1.35. The van der Waals surface area contributed by atoms with E-state index in [1.165, 1.54) is 13.2 Å². The number of alkyl carbamates (subject to hydrolysis) is 1. The molecule has 2 aliphatic rings. The zero-order valence-corrected chi connectivity index (χ0v) is 29.3. The van der Waals surface area contributed by atoms with Gasteiger partial charge in [-0.1, -0.05) is 23.8 Å². The Morgan fingerprint density at radius 1 is 0.980 bits per heavy atom. The fourth-order valence-corrected chi connectivity index (χ4v) is 6.63. The lowest BCUT2D eigenvalue weighted by molar-refractivity contribution is 0.0522. The number of fused-ring (bicyclic) bond motifs is 3. The van der Waals surface area contributed by atoms with Gasteiger partial charge in [0.25, 0.3) is 11.8 Å². The Morgan fingerprint density at radius 2 is 1.76 bits per heavy atom. The van der Waals surface area contributed by atoms with Crippen molar-refractivity contribution in [2.45, 2.75) is 58.7 Å². The third kappa shape index (κ3) is 7.55. The Bertz CT molecular complexity index is 2010. The SMILES string of the molecule is COC(=O)c1nc(C(=O)NC2CC=C2C)ccc1-c1cc2c(cc1C(=O)Nc1ccc(CNC(=O)OC(C)(C)C)cc1)-c1sccc1CCO2. The number of carbonyl (C=O) groups is 4. The number of nitrogens with zero attached hydrogens (tertiary/aromatic N) is 1. The first kappa shape index (κ1) is 34.4. The lowest BCUT2D eigenvalue weighted by Gasteiger charge is -2.25. The van der Waals surface area contributed by atoms with Gasteiger partial charge in [-0.3, -0.25) is 9.59 Å². The minimum absolute atomic E-state index is 0.0512. The van der Waals surface area contributed by atoms with E-state index in [9.17, 15) is 19.2 Å². The molecule has 6 rings (SSSR count). The maximum absolute atomic E-state index is 14.2.